The van der Waals surface area contributed by atoms with E-state index < -0.39 is 0 Å². The molecule has 0 radical (unpaired) electrons. The first-order valence-corrected chi connectivity index (χ1v) is 7.02. The third-order valence-corrected chi connectivity index (χ3v) is 3.59. The molecule has 2 rings (SSSR count). The smallest absolute Gasteiger partial charge is 0.131 e. The standard InChI is InChI=1S/C14H24N4O/c1-11(2)14-15-9-13(12(10-19)16-14)18-6-4-5-17(3)7-8-18/h9,11,19H,4-8,10H2,1-3H3. The molecule has 0 amide bonds. The number of rotatable bonds is 3. The van der Waals surface area contributed by atoms with Crippen LogP contribution in [0.4, 0.5) is 5.69 Å². The van der Waals surface area contributed by atoms with Crippen molar-refractivity contribution in [3.63, 3.8) is 0 Å². The molecule has 0 bridgehead atoms. The number of hydrogen-bond donors (Lipinski definition) is 1. The molecule has 0 unspecified atom stereocenters. The summed E-state index contributed by atoms with van der Waals surface area (Å²) in [5.41, 5.74) is 1.74. The lowest BCUT2D eigenvalue weighted by Crippen LogP contribution is -2.30. The van der Waals surface area contributed by atoms with Crippen LogP contribution in [0.25, 0.3) is 0 Å². The van der Waals surface area contributed by atoms with E-state index >= 15 is 0 Å². The molecular weight excluding hydrogens is 240 g/mol. The Morgan fingerprint density at radius 3 is 2.74 bits per heavy atom. The highest BCUT2D eigenvalue weighted by atomic mass is 16.3. The molecule has 1 aliphatic rings. The van der Waals surface area contributed by atoms with Crippen molar-refractivity contribution < 1.29 is 5.11 Å². The fourth-order valence-corrected chi connectivity index (χ4v) is 2.37. The van der Waals surface area contributed by atoms with Gasteiger partial charge in [0.1, 0.15) is 5.82 Å². The molecule has 1 saturated heterocycles. The van der Waals surface area contributed by atoms with Crippen LogP contribution in [0.2, 0.25) is 0 Å². The molecule has 1 fully saturated rings. The molecule has 0 aliphatic carbocycles. The van der Waals surface area contributed by atoms with Crippen molar-refractivity contribution in [1.82, 2.24) is 14.9 Å². The fourth-order valence-electron chi connectivity index (χ4n) is 2.37. The lowest BCUT2D eigenvalue weighted by Gasteiger charge is -2.24. The maximum Gasteiger partial charge on any atom is 0.131 e. The van der Waals surface area contributed by atoms with Crippen LogP contribution in [0, 0.1) is 0 Å². The summed E-state index contributed by atoms with van der Waals surface area (Å²) in [6.07, 6.45) is 3.01. The first kappa shape index (κ1) is 14.2. The minimum Gasteiger partial charge on any atom is -0.390 e. The number of nitrogens with zero attached hydrogens (tertiary/aromatic N) is 4. The van der Waals surface area contributed by atoms with Crippen molar-refractivity contribution in [2.45, 2.75) is 32.8 Å². The topological polar surface area (TPSA) is 52.5 Å². The Balaban J connectivity index is 2.23. The highest BCUT2D eigenvalue weighted by Gasteiger charge is 2.17. The Hall–Kier alpha value is -1.20. The van der Waals surface area contributed by atoms with Crippen LogP contribution in [0.5, 0.6) is 0 Å². The number of hydrogen-bond acceptors (Lipinski definition) is 5. The van der Waals surface area contributed by atoms with Crippen LogP contribution in [0.1, 0.15) is 37.7 Å². The van der Waals surface area contributed by atoms with Gasteiger partial charge in [0.05, 0.1) is 24.2 Å². The fraction of sp³-hybridized carbons (Fsp3) is 0.714. The van der Waals surface area contributed by atoms with Crippen LogP contribution in [0.3, 0.4) is 0 Å². The summed E-state index contributed by atoms with van der Waals surface area (Å²) in [4.78, 5) is 13.6. The van der Waals surface area contributed by atoms with Gasteiger partial charge in [0.15, 0.2) is 0 Å². The van der Waals surface area contributed by atoms with E-state index in [2.05, 4.69) is 40.7 Å². The molecule has 5 heteroatoms. The number of anilines is 1. The zero-order valence-corrected chi connectivity index (χ0v) is 12.1. The SMILES string of the molecule is CC(C)c1ncc(N2CCCN(C)CC2)c(CO)n1. The first-order chi connectivity index (χ1) is 9.11. The second kappa shape index (κ2) is 6.30. The van der Waals surface area contributed by atoms with Gasteiger partial charge in [0.2, 0.25) is 0 Å². The van der Waals surface area contributed by atoms with E-state index in [4.69, 9.17) is 0 Å². The van der Waals surface area contributed by atoms with E-state index in [-0.39, 0.29) is 12.5 Å². The second-order valence-electron chi connectivity index (χ2n) is 5.52. The highest BCUT2D eigenvalue weighted by Crippen LogP contribution is 2.21. The number of aliphatic hydroxyl groups is 1. The van der Waals surface area contributed by atoms with Crippen LogP contribution in [-0.2, 0) is 6.61 Å². The Kier molecular flexibility index (Phi) is 4.71. The Morgan fingerprint density at radius 2 is 2.05 bits per heavy atom. The van der Waals surface area contributed by atoms with E-state index in [0.29, 0.717) is 0 Å². The molecule has 1 N–H and O–H groups in total. The van der Waals surface area contributed by atoms with Crippen LogP contribution >= 0.6 is 0 Å². The number of likely N-dealkylation sites (N-methyl/N-ethyl adjacent to an activating group) is 1. The van der Waals surface area contributed by atoms with Crippen LogP contribution < -0.4 is 4.90 Å². The third-order valence-electron chi connectivity index (χ3n) is 3.59. The maximum absolute atomic E-state index is 9.55. The zero-order valence-electron chi connectivity index (χ0n) is 12.1. The van der Waals surface area contributed by atoms with E-state index in [1.54, 1.807) is 0 Å². The van der Waals surface area contributed by atoms with Gasteiger partial charge in [-0.05, 0) is 20.0 Å². The molecule has 5 nitrogen and oxygen atoms in total. The van der Waals surface area contributed by atoms with Crippen LogP contribution in [0.15, 0.2) is 6.20 Å². The molecule has 0 atom stereocenters. The predicted octanol–water partition coefficient (Wildman–Crippen LogP) is 1.23. The molecule has 19 heavy (non-hydrogen) atoms. The molecule has 106 valence electrons. The Morgan fingerprint density at radius 1 is 1.26 bits per heavy atom. The summed E-state index contributed by atoms with van der Waals surface area (Å²) in [5.74, 6) is 1.09. The summed E-state index contributed by atoms with van der Waals surface area (Å²) >= 11 is 0. The molecule has 1 aromatic heterocycles. The van der Waals surface area contributed by atoms with E-state index in [9.17, 15) is 5.11 Å². The average Bonchev–Trinajstić information content (AvgIpc) is 2.62. The van der Waals surface area contributed by atoms with Gasteiger partial charge in [0, 0.05) is 25.6 Å². The van der Waals surface area contributed by atoms with Crippen molar-refractivity contribution in [2.24, 2.45) is 0 Å². The van der Waals surface area contributed by atoms with Gasteiger partial charge in [-0.3, -0.25) is 0 Å². The van der Waals surface area contributed by atoms with Gasteiger partial charge in [-0.15, -0.1) is 0 Å². The summed E-state index contributed by atoms with van der Waals surface area (Å²) < 4.78 is 0. The summed E-state index contributed by atoms with van der Waals surface area (Å²) in [7, 11) is 2.15. The summed E-state index contributed by atoms with van der Waals surface area (Å²) in [5, 5.41) is 9.55. The van der Waals surface area contributed by atoms with E-state index in [1.807, 2.05) is 6.20 Å². The van der Waals surface area contributed by atoms with Gasteiger partial charge in [0.25, 0.3) is 0 Å². The van der Waals surface area contributed by atoms with Crippen molar-refractivity contribution in [1.29, 1.82) is 0 Å². The molecule has 2 heterocycles. The number of aromatic nitrogens is 2. The van der Waals surface area contributed by atoms with Gasteiger partial charge in [-0.1, -0.05) is 13.8 Å². The second-order valence-corrected chi connectivity index (χ2v) is 5.52. The molecule has 0 saturated carbocycles. The van der Waals surface area contributed by atoms with Crippen molar-refractivity contribution in [3.05, 3.63) is 17.7 Å². The minimum absolute atomic E-state index is 0.0239. The first-order valence-electron chi connectivity index (χ1n) is 7.02. The average molecular weight is 264 g/mol. The zero-order chi connectivity index (χ0) is 13.8. The quantitative estimate of drug-likeness (QED) is 0.890. The molecular formula is C14H24N4O. The Bertz CT molecular complexity index is 422. The predicted molar refractivity (Wildman–Crippen MR) is 76.4 cm³/mol. The summed E-state index contributed by atoms with van der Waals surface area (Å²) in [6.45, 7) is 8.24. The Labute approximate surface area is 115 Å². The van der Waals surface area contributed by atoms with Crippen molar-refractivity contribution in [2.75, 3.05) is 38.1 Å². The van der Waals surface area contributed by atoms with Gasteiger partial charge >= 0.3 is 0 Å². The largest absolute Gasteiger partial charge is 0.390 e. The molecule has 1 aromatic rings. The van der Waals surface area contributed by atoms with E-state index in [0.717, 1.165) is 49.8 Å². The van der Waals surface area contributed by atoms with Gasteiger partial charge in [-0.2, -0.15) is 0 Å². The monoisotopic (exact) mass is 264 g/mol. The molecule has 0 spiro atoms. The molecule has 0 aromatic carbocycles. The van der Waals surface area contributed by atoms with Gasteiger partial charge < -0.3 is 14.9 Å². The maximum atomic E-state index is 9.55. The summed E-state index contributed by atoms with van der Waals surface area (Å²) in [6, 6.07) is 0. The molecule has 1 aliphatic heterocycles. The minimum atomic E-state index is -0.0239. The highest BCUT2D eigenvalue weighted by molar-refractivity contribution is 5.49. The lowest BCUT2D eigenvalue weighted by molar-refractivity contribution is 0.276. The normalized spacial score (nSPS) is 17.8. The van der Waals surface area contributed by atoms with Gasteiger partial charge in [-0.25, -0.2) is 9.97 Å². The van der Waals surface area contributed by atoms with E-state index in [1.165, 1.54) is 0 Å². The lowest BCUT2D eigenvalue weighted by atomic mass is 10.2. The van der Waals surface area contributed by atoms with Crippen molar-refractivity contribution in [3.8, 4) is 0 Å². The number of aliphatic hydroxyl groups excluding tert-OH is 1. The third kappa shape index (κ3) is 3.42. The van der Waals surface area contributed by atoms with Crippen molar-refractivity contribution >= 4 is 5.69 Å². The van der Waals surface area contributed by atoms with Crippen LogP contribution in [-0.4, -0.2) is 53.2 Å².